The summed E-state index contributed by atoms with van der Waals surface area (Å²) in [6.45, 7) is 1.93. The zero-order chi connectivity index (χ0) is 9.84. The molecule has 0 amide bonds. The SMILES string of the molecule is CSc1cccc([C](C)CO)c1Cl. The van der Waals surface area contributed by atoms with Crippen LogP contribution in [0.25, 0.3) is 0 Å². The average Bonchev–Trinajstić information content (AvgIpc) is 2.17. The lowest BCUT2D eigenvalue weighted by Gasteiger charge is -2.11. The van der Waals surface area contributed by atoms with Crippen molar-refractivity contribution in [2.24, 2.45) is 0 Å². The van der Waals surface area contributed by atoms with Crippen molar-refractivity contribution in [1.82, 2.24) is 0 Å². The first-order valence-electron chi connectivity index (χ1n) is 3.97. The first-order chi connectivity index (χ1) is 6.20. The Morgan fingerprint density at radius 2 is 2.23 bits per heavy atom. The number of hydrogen-bond acceptors (Lipinski definition) is 2. The highest BCUT2D eigenvalue weighted by Gasteiger charge is 2.11. The van der Waals surface area contributed by atoms with Crippen molar-refractivity contribution in [2.45, 2.75) is 11.8 Å². The quantitative estimate of drug-likeness (QED) is 0.783. The maximum Gasteiger partial charge on any atom is 0.0580 e. The highest BCUT2D eigenvalue weighted by Crippen LogP contribution is 2.31. The van der Waals surface area contributed by atoms with Crippen LogP contribution in [0.15, 0.2) is 23.1 Å². The second kappa shape index (κ2) is 4.89. The molecule has 1 nitrogen and oxygen atoms in total. The largest absolute Gasteiger partial charge is 0.395 e. The molecule has 0 atom stereocenters. The molecule has 0 saturated carbocycles. The van der Waals surface area contributed by atoms with Crippen LogP contribution in [0.2, 0.25) is 5.02 Å². The minimum absolute atomic E-state index is 0.0531. The Kier molecular flexibility index (Phi) is 4.10. The predicted octanol–water partition coefficient (Wildman–Crippen LogP) is 3.00. The summed E-state index contributed by atoms with van der Waals surface area (Å²) in [6.07, 6.45) is 1.99. The summed E-state index contributed by atoms with van der Waals surface area (Å²) in [4.78, 5) is 1.05. The van der Waals surface area contributed by atoms with Crippen molar-refractivity contribution < 1.29 is 5.11 Å². The van der Waals surface area contributed by atoms with Crippen molar-refractivity contribution in [3.63, 3.8) is 0 Å². The minimum Gasteiger partial charge on any atom is -0.395 e. The number of aliphatic hydroxyl groups is 1. The van der Waals surface area contributed by atoms with Gasteiger partial charge in [0.1, 0.15) is 0 Å². The van der Waals surface area contributed by atoms with Gasteiger partial charge in [-0.15, -0.1) is 11.8 Å². The maximum absolute atomic E-state index is 8.97. The van der Waals surface area contributed by atoms with E-state index in [1.807, 2.05) is 31.4 Å². The van der Waals surface area contributed by atoms with Crippen LogP contribution < -0.4 is 0 Å². The molecule has 0 heterocycles. The van der Waals surface area contributed by atoms with Gasteiger partial charge in [-0.05, 0) is 17.9 Å². The third-order valence-corrected chi connectivity index (χ3v) is 3.18. The molecule has 13 heavy (non-hydrogen) atoms. The highest BCUT2D eigenvalue weighted by atomic mass is 35.5. The number of hydrogen-bond donors (Lipinski definition) is 1. The molecule has 1 aromatic rings. The fourth-order valence-electron chi connectivity index (χ4n) is 1.08. The van der Waals surface area contributed by atoms with Gasteiger partial charge in [-0.1, -0.05) is 30.7 Å². The lowest BCUT2D eigenvalue weighted by molar-refractivity contribution is 0.315. The van der Waals surface area contributed by atoms with Gasteiger partial charge >= 0.3 is 0 Å². The molecule has 0 aliphatic carbocycles. The van der Waals surface area contributed by atoms with Crippen LogP contribution in [0.4, 0.5) is 0 Å². The number of rotatable bonds is 3. The summed E-state index contributed by atoms with van der Waals surface area (Å²) in [5, 5.41) is 9.71. The molecule has 71 valence electrons. The smallest absolute Gasteiger partial charge is 0.0580 e. The van der Waals surface area contributed by atoms with E-state index in [0.29, 0.717) is 0 Å². The van der Waals surface area contributed by atoms with Crippen LogP contribution in [-0.2, 0) is 0 Å². The van der Waals surface area contributed by atoms with E-state index in [9.17, 15) is 0 Å². The van der Waals surface area contributed by atoms with E-state index < -0.39 is 0 Å². The summed E-state index contributed by atoms with van der Waals surface area (Å²) in [7, 11) is 0. The van der Waals surface area contributed by atoms with Crippen molar-refractivity contribution >= 4 is 23.4 Å². The molecule has 1 radical (unpaired) electrons. The average molecular weight is 216 g/mol. The molecule has 0 unspecified atom stereocenters. The van der Waals surface area contributed by atoms with Crippen molar-refractivity contribution in [3.05, 3.63) is 34.7 Å². The Morgan fingerprint density at radius 1 is 1.54 bits per heavy atom. The van der Waals surface area contributed by atoms with Gasteiger partial charge in [0.2, 0.25) is 0 Å². The van der Waals surface area contributed by atoms with Gasteiger partial charge in [-0.3, -0.25) is 0 Å². The second-order valence-electron chi connectivity index (χ2n) is 2.76. The standard InChI is InChI=1S/C10H12ClOS/c1-7(6-12)8-4-3-5-9(13-2)10(8)11/h3-5,12H,6H2,1-2H3. The molecule has 0 bridgehead atoms. The molecule has 1 rings (SSSR count). The van der Waals surface area contributed by atoms with Gasteiger partial charge in [0, 0.05) is 10.8 Å². The van der Waals surface area contributed by atoms with Crippen LogP contribution >= 0.6 is 23.4 Å². The van der Waals surface area contributed by atoms with Crippen LogP contribution in [0.1, 0.15) is 12.5 Å². The van der Waals surface area contributed by atoms with Crippen LogP contribution in [0.3, 0.4) is 0 Å². The van der Waals surface area contributed by atoms with Crippen LogP contribution in [-0.4, -0.2) is 18.0 Å². The zero-order valence-corrected chi connectivity index (χ0v) is 9.25. The number of thioether (sulfide) groups is 1. The molecule has 1 aromatic carbocycles. The number of halogens is 1. The molecule has 0 spiro atoms. The molecular weight excluding hydrogens is 204 g/mol. The van der Waals surface area contributed by atoms with Gasteiger partial charge in [0.05, 0.1) is 11.6 Å². The van der Waals surface area contributed by atoms with E-state index in [2.05, 4.69) is 0 Å². The molecular formula is C10H12ClOS. The van der Waals surface area contributed by atoms with E-state index in [1.54, 1.807) is 11.8 Å². The molecule has 0 fully saturated rings. The Hall–Kier alpha value is -0.180. The zero-order valence-electron chi connectivity index (χ0n) is 7.67. The Bertz CT molecular complexity index is 288. The van der Waals surface area contributed by atoms with E-state index in [1.165, 1.54) is 0 Å². The van der Waals surface area contributed by atoms with Crippen molar-refractivity contribution in [2.75, 3.05) is 12.9 Å². The van der Waals surface area contributed by atoms with E-state index in [0.717, 1.165) is 21.4 Å². The number of benzene rings is 1. The van der Waals surface area contributed by atoms with Gasteiger partial charge in [0.25, 0.3) is 0 Å². The minimum atomic E-state index is 0.0531. The van der Waals surface area contributed by atoms with E-state index in [-0.39, 0.29) is 6.61 Å². The van der Waals surface area contributed by atoms with Gasteiger partial charge in [-0.2, -0.15) is 0 Å². The monoisotopic (exact) mass is 215 g/mol. The first-order valence-corrected chi connectivity index (χ1v) is 5.57. The van der Waals surface area contributed by atoms with Gasteiger partial charge in [-0.25, -0.2) is 0 Å². The fourth-order valence-corrected chi connectivity index (χ4v) is 2.11. The molecule has 0 saturated heterocycles. The third kappa shape index (κ3) is 2.39. The highest BCUT2D eigenvalue weighted by molar-refractivity contribution is 7.98. The summed E-state index contributed by atoms with van der Waals surface area (Å²) in [5.74, 6) is 0.904. The second-order valence-corrected chi connectivity index (χ2v) is 3.99. The molecule has 0 aromatic heterocycles. The lowest BCUT2D eigenvalue weighted by Crippen LogP contribution is -2.01. The Labute approximate surface area is 88.1 Å². The first kappa shape index (κ1) is 10.9. The summed E-state index contributed by atoms with van der Waals surface area (Å²) in [5.41, 5.74) is 0.941. The predicted molar refractivity (Wildman–Crippen MR) is 58.3 cm³/mol. The topological polar surface area (TPSA) is 20.2 Å². The number of aliphatic hydroxyl groups excluding tert-OH is 1. The normalized spacial score (nSPS) is 10.8. The summed E-state index contributed by atoms with van der Waals surface area (Å²) < 4.78 is 0. The lowest BCUT2D eigenvalue weighted by atomic mass is 10.0. The summed E-state index contributed by atoms with van der Waals surface area (Å²) in [6, 6.07) is 5.85. The van der Waals surface area contributed by atoms with Gasteiger partial charge in [0.15, 0.2) is 0 Å². The van der Waals surface area contributed by atoms with Crippen molar-refractivity contribution in [1.29, 1.82) is 0 Å². The molecule has 1 N–H and O–H groups in total. The maximum atomic E-state index is 8.97. The summed E-state index contributed by atoms with van der Waals surface area (Å²) >= 11 is 7.74. The van der Waals surface area contributed by atoms with Gasteiger partial charge < -0.3 is 5.11 Å². The van der Waals surface area contributed by atoms with E-state index >= 15 is 0 Å². The van der Waals surface area contributed by atoms with Crippen LogP contribution in [0.5, 0.6) is 0 Å². The van der Waals surface area contributed by atoms with Crippen LogP contribution in [0, 0.1) is 5.92 Å². The van der Waals surface area contributed by atoms with E-state index in [4.69, 9.17) is 16.7 Å². The molecule has 0 aliphatic heterocycles. The Morgan fingerprint density at radius 3 is 2.77 bits per heavy atom. The third-order valence-electron chi connectivity index (χ3n) is 1.88. The molecule has 0 aliphatic rings. The van der Waals surface area contributed by atoms with Crippen molar-refractivity contribution in [3.8, 4) is 0 Å². The Balaban J connectivity index is 3.08. The fraction of sp³-hybridized carbons (Fsp3) is 0.300. The molecule has 3 heteroatoms.